The summed E-state index contributed by atoms with van der Waals surface area (Å²) in [4.78, 5) is 5.03. The SMILES string of the molecule is CC(C)N1CC(NCCCC(C)(C)N2CC(N)C2)C1. The molecular formula is C15H32N4. The summed E-state index contributed by atoms with van der Waals surface area (Å²) in [6.07, 6.45) is 2.52. The van der Waals surface area contributed by atoms with Gasteiger partial charge in [-0.15, -0.1) is 0 Å². The van der Waals surface area contributed by atoms with E-state index in [1.165, 1.54) is 25.9 Å². The molecule has 0 saturated carbocycles. The molecular weight excluding hydrogens is 236 g/mol. The molecule has 0 radical (unpaired) electrons. The summed E-state index contributed by atoms with van der Waals surface area (Å²) in [5.74, 6) is 0. The van der Waals surface area contributed by atoms with Gasteiger partial charge in [0.15, 0.2) is 0 Å². The van der Waals surface area contributed by atoms with E-state index in [-0.39, 0.29) is 0 Å². The van der Waals surface area contributed by atoms with Crippen LogP contribution in [0.4, 0.5) is 0 Å². The summed E-state index contributed by atoms with van der Waals surface area (Å²) in [7, 11) is 0. The Balaban J connectivity index is 1.53. The van der Waals surface area contributed by atoms with Crippen LogP contribution in [0.3, 0.4) is 0 Å². The van der Waals surface area contributed by atoms with Gasteiger partial charge in [-0.05, 0) is 47.1 Å². The summed E-state index contributed by atoms with van der Waals surface area (Å²) in [5.41, 5.74) is 6.19. The van der Waals surface area contributed by atoms with E-state index in [2.05, 4.69) is 42.8 Å². The van der Waals surface area contributed by atoms with Crippen molar-refractivity contribution in [2.24, 2.45) is 5.73 Å². The van der Waals surface area contributed by atoms with Gasteiger partial charge in [0.1, 0.15) is 0 Å². The van der Waals surface area contributed by atoms with E-state index in [0.29, 0.717) is 17.6 Å². The number of hydrogen-bond acceptors (Lipinski definition) is 4. The molecule has 0 amide bonds. The molecule has 0 spiro atoms. The third-order valence-electron chi connectivity index (χ3n) is 4.80. The smallest absolute Gasteiger partial charge is 0.0322 e. The quantitative estimate of drug-likeness (QED) is 0.673. The second kappa shape index (κ2) is 6.08. The van der Waals surface area contributed by atoms with Crippen molar-refractivity contribution in [3.63, 3.8) is 0 Å². The molecule has 2 aliphatic rings. The Hall–Kier alpha value is -0.160. The Morgan fingerprint density at radius 2 is 1.84 bits per heavy atom. The number of nitrogens with two attached hydrogens (primary N) is 1. The number of hydrogen-bond donors (Lipinski definition) is 2. The van der Waals surface area contributed by atoms with Gasteiger partial charge in [0.05, 0.1) is 0 Å². The van der Waals surface area contributed by atoms with Crippen LogP contribution in [0.15, 0.2) is 0 Å². The first-order valence-electron chi connectivity index (χ1n) is 7.86. The predicted molar refractivity (Wildman–Crippen MR) is 81.4 cm³/mol. The summed E-state index contributed by atoms with van der Waals surface area (Å²) >= 11 is 0. The van der Waals surface area contributed by atoms with Crippen molar-refractivity contribution in [3.05, 3.63) is 0 Å². The fraction of sp³-hybridized carbons (Fsp3) is 1.00. The molecule has 4 heteroatoms. The van der Waals surface area contributed by atoms with Crippen LogP contribution in [0.5, 0.6) is 0 Å². The van der Waals surface area contributed by atoms with Crippen LogP contribution < -0.4 is 11.1 Å². The van der Waals surface area contributed by atoms with E-state index in [0.717, 1.165) is 25.7 Å². The molecule has 0 unspecified atom stereocenters. The van der Waals surface area contributed by atoms with Crippen LogP contribution in [-0.4, -0.2) is 66.2 Å². The minimum Gasteiger partial charge on any atom is -0.325 e. The van der Waals surface area contributed by atoms with E-state index >= 15 is 0 Å². The highest BCUT2D eigenvalue weighted by Crippen LogP contribution is 2.25. The van der Waals surface area contributed by atoms with Crippen molar-refractivity contribution in [3.8, 4) is 0 Å². The molecule has 0 aliphatic carbocycles. The van der Waals surface area contributed by atoms with Crippen LogP contribution >= 0.6 is 0 Å². The van der Waals surface area contributed by atoms with E-state index in [1.54, 1.807) is 0 Å². The summed E-state index contributed by atoms with van der Waals surface area (Å²) in [6.45, 7) is 15.0. The highest BCUT2D eigenvalue weighted by Gasteiger charge is 2.35. The molecule has 0 bridgehead atoms. The van der Waals surface area contributed by atoms with Crippen molar-refractivity contribution in [2.45, 2.75) is 64.2 Å². The van der Waals surface area contributed by atoms with Crippen LogP contribution in [0.25, 0.3) is 0 Å². The molecule has 0 aromatic heterocycles. The first kappa shape index (κ1) is 15.2. The molecule has 2 saturated heterocycles. The molecule has 2 rings (SSSR count). The molecule has 2 aliphatic heterocycles. The number of rotatable bonds is 7. The Morgan fingerprint density at radius 3 is 2.37 bits per heavy atom. The molecule has 0 atom stereocenters. The largest absolute Gasteiger partial charge is 0.325 e. The molecule has 3 N–H and O–H groups in total. The topological polar surface area (TPSA) is 44.5 Å². The van der Waals surface area contributed by atoms with E-state index in [9.17, 15) is 0 Å². The lowest BCUT2D eigenvalue weighted by Gasteiger charge is -2.48. The van der Waals surface area contributed by atoms with Crippen LogP contribution in [0, 0.1) is 0 Å². The Kier molecular flexibility index (Phi) is 4.88. The zero-order valence-electron chi connectivity index (χ0n) is 13.2. The van der Waals surface area contributed by atoms with Crippen LogP contribution in [-0.2, 0) is 0 Å². The third-order valence-corrected chi connectivity index (χ3v) is 4.80. The van der Waals surface area contributed by atoms with Crippen molar-refractivity contribution in [2.75, 3.05) is 32.7 Å². The van der Waals surface area contributed by atoms with Gasteiger partial charge in [0, 0.05) is 49.8 Å². The zero-order chi connectivity index (χ0) is 14.0. The molecule has 19 heavy (non-hydrogen) atoms. The average Bonchev–Trinajstić information content (AvgIpc) is 2.21. The number of likely N-dealkylation sites (tertiary alicyclic amines) is 2. The minimum absolute atomic E-state index is 0.321. The highest BCUT2D eigenvalue weighted by atomic mass is 15.3. The van der Waals surface area contributed by atoms with Gasteiger partial charge in [-0.25, -0.2) is 0 Å². The first-order valence-corrected chi connectivity index (χ1v) is 7.86. The van der Waals surface area contributed by atoms with Gasteiger partial charge >= 0.3 is 0 Å². The number of nitrogens with zero attached hydrogens (tertiary/aromatic N) is 2. The Labute approximate surface area is 118 Å². The van der Waals surface area contributed by atoms with E-state index in [1.807, 2.05) is 0 Å². The fourth-order valence-electron chi connectivity index (χ4n) is 3.06. The molecule has 2 heterocycles. The van der Waals surface area contributed by atoms with Crippen molar-refractivity contribution in [1.29, 1.82) is 0 Å². The second-order valence-corrected chi connectivity index (χ2v) is 7.28. The van der Waals surface area contributed by atoms with Crippen LogP contribution in [0.1, 0.15) is 40.5 Å². The van der Waals surface area contributed by atoms with Gasteiger partial charge in [0.25, 0.3) is 0 Å². The lowest BCUT2D eigenvalue weighted by molar-refractivity contribution is 0.0295. The highest BCUT2D eigenvalue weighted by molar-refractivity contribution is 4.93. The monoisotopic (exact) mass is 268 g/mol. The maximum Gasteiger partial charge on any atom is 0.0322 e. The normalized spacial score (nSPS) is 23.7. The molecule has 0 aromatic rings. The first-order chi connectivity index (χ1) is 8.88. The molecule has 4 nitrogen and oxygen atoms in total. The standard InChI is InChI=1S/C15H32N4/c1-12(2)18-10-14(11-18)17-7-5-6-15(3,4)19-8-13(16)9-19/h12-14,17H,5-11,16H2,1-4H3. The molecule has 2 fully saturated rings. The van der Waals surface area contributed by atoms with Crippen molar-refractivity contribution >= 4 is 0 Å². The van der Waals surface area contributed by atoms with Gasteiger partial charge in [-0.1, -0.05) is 0 Å². The maximum absolute atomic E-state index is 5.86. The Bertz CT molecular complexity index is 278. The van der Waals surface area contributed by atoms with E-state index in [4.69, 9.17) is 5.73 Å². The number of nitrogens with one attached hydrogen (secondary N) is 1. The average molecular weight is 268 g/mol. The maximum atomic E-state index is 5.86. The molecule has 0 aromatic carbocycles. The zero-order valence-corrected chi connectivity index (χ0v) is 13.2. The minimum atomic E-state index is 0.321. The van der Waals surface area contributed by atoms with Gasteiger partial charge in [-0.3, -0.25) is 9.80 Å². The van der Waals surface area contributed by atoms with E-state index < -0.39 is 0 Å². The van der Waals surface area contributed by atoms with Crippen molar-refractivity contribution in [1.82, 2.24) is 15.1 Å². The van der Waals surface area contributed by atoms with Gasteiger partial charge < -0.3 is 11.1 Å². The predicted octanol–water partition coefficient (Wildman–Crippen LogP) is 0.870. The Morgan fingerprint density at radius 1 is 1.21 bits per heavy atom. The summed E-state index contributed by atoms with van der Waals surface area (Å²) in [6, 6.07) is 1.84. The van der Waals surface area contributed by atoms with Crippen LogP contribution in [0.2, 0.25) is 0 Å². The second-order valence-electron chi connectivity index (χ2n) is 7.28. The fourth-order valence-corrected chi connectivity index (χ4v) is 3.06. The summed E-state index contributed by atoms with van der Waals surface area (Å²) in [5, 5.41) is 3.68. The van der Waals surface area contributed by atoms with Gasteiger partial charge in [-0.2, -0.15) is 0 Å². The third kappa shape index (κ3) is 3.91. The lowest BCUT2D eigenvalue weighted by atomic mass is 9.91. The lowest BCUT2D eigenvalue weighted by Crippen LogP contribution is -2.63. The van der Waals surface area contributed by atoms with Crippen molar-refractivity contribution < 1.29 is 0 Å². The van der Waals surface area contributed by atoms with Gasteiger partial charge in [0.2, 0.25) is 0 Å². The molecule has 112 valence electrons. The summed E-state index contributed by atoms with van der Waals surface area (Å²) < 4.78 is 0.